The number of aromatic amines is 1. The molecule has 3 rings (SSSR count). The van der Waals surface area contributed by atoms with Crippen molar-refractivity contribution in [3.05, 3.63) is 27.7 Å². The van der Waals surface area contributed by atoms with Gasteiger partial charge in [0.25, 0.3) is 0 Å². The van der Waals surface area contributed by atoms with Crippen molar-refractivity contribution < 1.29 is 0 Å². The zero-order valence-electron chi connectivity index (χ0n) is 11.7. The molecule has 2 aromatic rings. The average molecular weight is 371 g/mol. The average Bonchev–Trinajstić information content (AvgIpc) is 2.94. The number of benzene rings is 1. The van der Waals surface area contributed by atoms with Crippen LogP contribution in [0.15, 0.2) is 22.7 Å². The molecule has 1 aromatic heterocycles. The molecule has 2 unspecified atom stereocenters. The number of nitrogens with zero attached hydrogens (tertiary/aromatic N) is 3. The Hall–Kier alpha value is -1.11. The van der Waals surface area contributed by atoms with Crippen LogP contribution in [0.25, 0.3) is 11.4 Å². The lowest BCUT2D eigenvalue weighted by atomic mass is 9.99. The van der Waals surface area contributed by atoms with E-state index >= 15 is 0 Å². The van der Waals surface area contributed by atoms with Crippen LogP contribution >= 0.6 is 27.5 Å². The highest BCUT2D eigenvalue weighted by molar-refractivity contribution is 9.10. The second kappa shape index (κ2) is 5.94. The number of nitrogens with two attached hydrogens (primary N) is 1. The molecule has 1 saturated heterocycles. The van der Waals surface area contributed by atoms with E-state index in [0.717, 1.165) is 29.4 Å². The maximum Gasteiger partial charge on any atom is 0.245 e. The third-order valence-electron chi connectivity index (χ3n) is 3.98. The van der Waals surface area contributed by atoms with E-state index in [4.69, 9.17) is 17.3 Å². The van der Waals surface area contributed by atoms with Crippen molar-refractivity contribution in [1.29, 1.82) is 0 Å². The molecule has 1 aliphatic heterocycles. The Labute approximate surface area is 137 Å². The zero-order valence-corrected chi connectivity index (χ0v) is 14.0. The van der Waals surface area contributed by atoms with Gasteiger partial charge in [0.05, 0.1) is 5.02 Å². The summed E-state index contributed by atoms with van der Waals surface area (Å²) in [4.78, 5) is 6.74. The lowest BCUT2D eigenvalue weighted by Gasteiger charge is -2.36. The van der Waals surface area contributed by atoms with E-state index in [2.05, 4.69) is 42.9 Å². The Bertz CT molecular complexity index is 644. The number of piperidine rings is 1. The first-order chi connectivity index (χ1) is 10.1. The van der Waals surface area contributed by atoms with Crippen LogP contribution in [-0.4, -0.2) is 33.8 Å². The predicted octanol–water partition coefficient (Wildman–Crippen LogP) is 3.20. The van der Waals surface area contributed by atoms with E-state index in [0.29, 0.717) is 16.8 Å². The minimum atomic E-state index is 0.162. The topological polar surface area (TPSA) is 70.8 Å². The first-order valence-electron chi connectivity index (χ1n) is 6.97. The lowest BCUT2D eigenvalue weighted by molar-refractivity contribution is 0.416. The number of halogens is 2. The third kappa shape index (κ3) is 2.80. The second-order valence-corrected chi connectivity index (χ2v) is 6.56. The van der Waals surface area contributed by atoms with E-state index in [1.165, 1.54) is 0 Å². The number of anilines is 1. The van der Waals surface area contributed by atoms with Crippen molar-refractivity contribution in [2.24, 2.45) is 5.73 Å². The van der Waals surface area contributed by atoms with Gasteiger partial charge in [-0.25, -0.2) is 0 Å². The maximum absolute atomic E-state index is 6.31. The normalized spacial score (nSPS) is 22.6. The first-order valence-corrected chi connectivity index (χ1v) is 8.14. The van der Waals surface area contributed by atoms with Gasteiger partial charge in [-0.1, -0.05) is 17.7 Å². The fourth-order valence-electron chi connectivity index (χ4n) is 2.64. The Morgan fingerprint density at radius 3 is 3.10 bits per heavy atom. The molecular formula is C14H17BrClN5. The molecule has 0 saturated carbocycles. The molecule has 1 aromatic carbocycles. The Kier molecular flexibility index (Phi) is 4.19. The number of nitrogens with one attached hydrogen (secondary N) is 1. The Morgan fingerprint density at radius 1 is 1.48 bits per heavy atom. The van der Waals surface area contributed by atoms with Crippen molar-refractivity contribution >= 4 is 33.5 Å². The molecule has 5 nitrogen and oxygen atoms in total. The van der Waals surface area contributed by atoms with Crippen molar-refractivity contribution in [1.82, 2.24) is 15.2 Å². The van der Waals surface area contributed by atoms with Crippen molar-refractivity contribution in [3.8, 4) is 11.4 Å². The molecule has 0 bridgehead atoms. The number of hydrogen-bond donors (Lipinski definition) is 2. The molecule has 0 spiro atoms. The molecule has 2 heterocycles. The Balaban J connectivity index is 1.91. The van der Waals surface area contributed by atoms with Crippen LogP contribution in [0.3, 0.4) is 0 Å². The maximum atomic E-state index is 6.31. The summed E-state index contributed by atoms with van der Waals surface area (Å²) in [6.45, 7) is 3.05. The highest BCUT2D eigenvalue weighted by Gasteiger charge is 2.28. The van der Waals surface area contributed by atoms with Crippen molar-refractivity contribution in [2.45, 2.75) is 31.8 Å². The molecule has 0 aliphatic carbocycles. The molecule has 0 radical (unpaired) electrons. The van der Waals surface area contributed by atoms with Crippen molar-refractivity contribution in [2.75, 3.05) is 11.4 Å². The molecule has 112 valence electrons. The monoisotopic (exact) mass is 369 g/mol. The summed E-state index contributed by atoms with van der Waals surface area (Å²) in [5.41, 5.74) is 6.97. The van der Waals surface area contributed by atoms with Crippen LogP contribution < -0.4 is 10.6 Å². The number of aromatic nitrogens is 3. The molecule has 2 atom stereocenters. The smallest absolute Gasteiger partial charge is 0.245 e. The van der Waals surface area contributed by atoms with Crippen LogP contribution in [-0.2, 0) is 0 Å². The van der Waals surface area contributed by atoms with Gasteiger partial charge < -0.3 is 10.6 Å². The molecular weight excluding hydrogens is 354 g/mol. The number of H-pyrrole nitrogens is 1. The molecule has 21 heavy (non-hydrogen) atoms. The van der Waals surface area contributed by atoms with E-state index in [1.54, 1.807) is 0 Å². The van der Waals surface area contributed by atoms with Crippen LogP contribution in [0.5, 0.6) is 0 Å². The van der Waals surface area contributed by atoms with Gasteiger partial charge >= 0.3 is 0 Å². The standard InChI is InChI=1S/C14H17BrClN5/c1-8-11(17)6-3-7-21(8)14-18-13(19-20-14)9-4-2-5-10(15)12(9)16/h2,4-5,8,11H,3,6-7,17H2,1H3,(H,18,19,20). The van der Waals surface area contributed by atoms with Crippen LogP contribution in [0.1, 0.15) is 19.8 Å². The number of rotatable bonds is 2. The second-order valence-electron chi connectivity index (χ2n) is 5.33. The van der Waals surface area contributed by atoms with E-state index in [-0.39, 0.29) is 12.1 Å². The zero-order chi connectivity index (χ0) is 15.0. The summed E-state index contributed by atoms with van der Waals surface area (Å²) in [5, 5.41) is 7.93. The quantitative estimate of drug-likeness (QED) is 0.851. The highest BCUT2D eigenvalue weighted by Crippen LogP contribution is 2.32. The summed E-state index contributed by atoms with van der Waals surface area (Å²) in [6, 6.07) is 6.14. The fourth-order valence-corrected chi connectivity index (χ4v) is 3.23. The molecule has 1 aliphatic rings. The van der Waals surface area contributed by atoms with Gasteiger partial charge in [0.1, 0.15) is 0 Å². The minimum Gasteiger partial charge on any atom is -0.335 e. The number of hydrogen-bond acceptors (Lipinski definition) is 4. The third-order valence-corrected chi connectivity index (χ3v) is 5.28. The largest absolute Gasteiger partial charge is 0.335 e. The molecule has 3 N–H and O–H groups in total. The van der Waals surface area contributed by atoms with Gasteiger partial charge in [-0.05, 0) is 47.8 Å². The molecule has 1 fully saturated rings. The summed E-state index contributed by atoms with van der Waals surface area (Å²) in [5.74, 6) is 1.35. The fraction of sp³-hybridized carbons (Fsp3) is 0.429. The van der Waals surface area contributed by atoms with E-state index in [9.17, 15) is 0 Å². The SMILES string of the molecule is CC1C(N)CCCN1c1n[nH]c(-c2cccc(Br)c2Cl)n1. The summed E-state index contributed by atoms with van der Waals surface area (Å²) in [7, 11) is 0. The summed E-state index contributed by atoms with van der Waals surface area (Å²) < 4.78 is 0.841. The molecule has 7 heteroatoms. The van der Waals surface area contributed by atoms with E-state index in [1.807, 2.05) is 18.2 Å². The summed E-state index contributed by atoms with van der Waals surface area (Å²) >= 11 is 9.73. The molecule has 0 amide bonds. The van der Waals surface area contributed by atoms with Gasteiger partial charge in [0.15, 0.2) is 5.82 Å². The van der Waals surface area contributed by atoms with Crippen LogP contribution in [0.2, 0.25) is 5.02 Å². The van der Waals surface area contributed by atoms with Gasteiger partial charge in [0.2, 0.25) is 5.95 Å². The van der Waals surface area contributed by atoms with E-state index < -0.39 is 0 Å². The van der Waals surface area contributed by atoms with Gasteiger partial charge in [-0.3, -0.25) is 5.10 Å². The van der Waals surface area contributed by atoms with Gasteiger partial charge in [-0.2, -0.15) is 4.98 Å². The van der Waals surface area contributed by atoms with Gasteiger partial charge in [0, 0.05) is 28.7 Å². The van der Waals surface area contributed by atoms with Crippen molar-refractivity contribution in [3.63, 3.8) is 0 Å². The van der Waals surface area contributed by atoms with Crippen LogP contribution in [0, 0.1) is 0 Å². The predicted molar refractivity (Wildman–Crippen MR) is 88.5 cm³/mol. The summed E-state index contributed by atoms with van der Waals surface area (Å²) in [6.07, 6.45) is 2.11. The Morgan fingerprint density at radius 2 is 2.29 bits per heavy atom. The minimum absolute atomic E-state index is 0.162. The highest BCUT2D eigenvalue weighted by atomic mass is 79.9. The first kappa shape index (κ1) is 14.8. The lowest BCUT2D eigenvalue weighted by Crippen LogP contribution is -2.50. The van der Waals surface area contributed by atoms with Crippen LogP contribution in [0.4, 0.5) is 5.95 Å². The van der Waals surface area contributed by atoms with Gasteiger partial charge in [-0.15, -0.1) is 5.10 Å².